The Balaban J connectivity index is 1.31. The van der Waals surface area contributed by atoms with E-state index in [1.807, 2.05) is 50.2 Å². The number of Topliss-reactive ketones (excluding diaryl/α,β-unsaturated/α-hetero) is 1. The van der Waals surface area contributed by atoms with Crippen LogP contribution < -0.4 is 4.90 Å². The molecule has 4 atom stereocenters. The van der Waals surface area contributed by atoms with Gasteiger partial charge < -0.3 is 4.74 Å². The maximum atomic E-state index is 13.7. The number of ether oxygens (including phenoxy) is 1. The van der Waals surface area contributed by atoms with Crippen molar-refractivity contribution in [3.63, 3.8) is 0 Å². The first kappa shape index (κ1) is 29.4. The first-order valence-corrected chi connectivity index (χ1v) is 15.4. The number of hydrogen-bond acceptors (Lipinski definition) is 6. The van der Waals surface area contributed by atoms with Gasteiger partial charge in [0.05, 0.1) is 34.3 Å². The third-order valence-electron chi connectivity index (χ3n) is 8.94. The van der Waals surface area contributed by atoms with Gasteiger partial charge in [0.2, 0.25) is 17.6 Å². The van der Waals surface area contributed by atoms with E-state index in [-0.39, 0.29) is 29.4 Å². The molecular weight excluding hydrogens is 552 g/mol. The summed E-state index contributed by atoms with van der Waals surface area (Å²) >= 11 is 0. The fourth-order valence-electron chi connectivity index (χ4n) is 6.57. The van der Waals surface area contributed by atoms with E-state index in [4.69, 9.17) is 9.72 Å². The van der Waals surface area contributed by atoms with E-state index in [2.05, 4.69) is 6.92 Å². The molecule has 7 heteroatoms. The molecule has 3 aromatic carbocycles. The molecule has 1 aliphatic carbocycles. The number of pyridine rings is 1. The van der Waals surface area contributed by atoms with Crippen molar-refractivity contribution in [2.45, 2.75) is 59.0 Å². The van der Waals surface area contributed by atoms with Gasteiger partial charge in [0.25, 0.3) is 0 Å². The van der Waals surface area contributed by atoms with Gasteiger partial charge >= 0.3 is 5.97 Å². The second-order valence-corrected chi connectivity index (χ2v) is 12.2. The second kappa shape index (κ2) is 12.2. The summed E-state index contributed by atoms with van der Waals surface area (Å²) in [6.07, 6.45) is 2.63. The summed E-state index contributed by atoms with van der Waals surface area (Å²) in [6.45, 7) is 6.03. The molecule has 0 radical (unpaired) electrons. The molecule has 1 saturated heterocycles. The minimum atomic E-state index is -0.909. The lowest BCUT2D eigenvalue weighted by Crippen LogP contribution is -2.30. The maximum absolute atomic E-state index is 13.7. The molecular formula is C37H36N2O5. The van der Waals surface area contributed by atoms with Gasteiger partial charge in [-0.25, -0.2) is 9.78 Å². The minimum absolute atomic E-state index is 0.115. The Bertz CT molecular complexity index is 1750. The Morgan fingerprint density at radius 1 is 0.932 bits per heavy atom. The van der Waals surface area contributed by atoms with Gasteiger partial charge in [0.1, 0.15) is 0 Å². The lowest BCUT2D eigenvalue weighted by Gasteiger charge is -2.25. The number of hydrogen-bond donors (Lipinski definition) is 0. The topological polar surface area (TPSA) is 93.6 Å². The van der Waals surface area contributed by atoms with Crippen molar-refractivity contribution in [2.24, 2.45) is 17.8 Å². The van der Waals surface area contributed by atoms with Crippen molar-refractivity contribution < 1.29 is 23.9 Å². The summed E-state index contributed by atoms with van der Waals surface area (Å²) in [4.78, 5) is 59.6. The SMILES string of the molecule is CCCC(OC(=O)c1cc(-c2ccc(N3C(=O)C4CCC(C)CC4C3=O)cc2)nc2ccc(C)cc12)C(=O)c1ccccc1. The van der Waals surface area contributed by atoms with Crippen molar-refractivity contribution in [2.75, 3.05) is 4.90 Å². The van der Waals surface area contributed by atoms with Crippen LogP contribution in [-0.2, 0) is 14.3 Å². The number of aromatic nitrogens is 1. The number of ketones is 1. The number of esters is 1. The monoisotopic (exact) mass is 588 g/mol. The predicted molar refractivity (Wildman–Crippen MR) is 169 cm³/mol. The van der Waals surface area contributed by atoms with Crippen LogP contribution in [0.3, 0.4) is 0 Å². The number of anilines is 1. The van der Waals surface area contributed by atoms with E-state index in [1.165, 1.54) is 4.90 Å². The summed E-state index contributed by atoms with van der Waals surface area (Å²) < 4.78 is 5.90. The molecule has 0 bridgehead atoms. The smallest absolute Gasteiger partial charge is 0.339 e. The van der Waals surface area contributed by atoms with Crippen LogP contribution in [0.15, 0.2) is 78.9 Å². The largest absolute Gasteiger partial charge is 0.450 e. The number of imide groups is 1. The van der Waals surface area contributed by atoms with E-state index < -0.39 is 12.1 Å². The highest BCUT2D eigenvalue weighted by atomic mass is 16.5. The van der Waals surface area contributed by atoms with Crippen molar-refractivity contribution in [3.05, 3.63) is 95.6 Å². The number of fused-ring (bicyclic) bond motifs is 2. The molecule has 2 aliphatic rings. The average molecular weight is 589 g/mol. The Labute approximate surface area is 257 Å². The molecule has 0 N–H and O–H groups in total. The van der Waals surface area contributed by atoms with Crippen molar-refractivity contribution >= 4 is 40.2 Å². The van der Waals surface area contributed by atoms with Crippen LogP contribution in [0.5, 0.6) is 0 Å². The molecule has 2 heterocycles. The summed E-state index contributed by atoms with van der Waals surface area (Å²) in [5, 5.41) is 0.642. The molecule has 4 aromatic rings. The van der Waals surface area contributed by atoms with Gasteiger partial charge in [-0.1, -0.05) is 74.4 Å². The van der Waals surface area contributed by atoms with Gasteiger partial charge in [0.15, 0.2) is 6.10 Å². The normalized spacial score (nSPS) is 20.4. The number of amides is 2. The van der Waals surface area contributed by atoms with Crippen LogP contribution >= 0.6 is 0 Å². The maximum Gasteiger partial charge on any atom is 0.339 e. The molecule has 2 fully saturated rings. The molecule has 1 saturated carbocycles. The van der Waals surface area contributed by atoms with E-state index >= 15 is 0 Å². The summed E-state index contributed by atoms with van der Waals surface area (Å²) in [6, 6.07) is 23.4. The van der Waals surface area contributed by atoms with E-state index in [1.54, 1.807) is 42.5 Å². The van der Waals surface area contributed by atoms with Gasteiger partial charge in [-0.2, -0.15) is 0 Å². The number of aryl methyl sites for hydroxylation is 1. The highest BCUT2D eigenvalue weighted by molar-refractivity contribution is 6.22. The fraction of sp³-hybridized carbons (Fsp3) is 0.324. The van der Waals surface area contributed by atoms with Gasteiger partial charge in [-0.3, -0.25) is 19.3 Å². The van der Waals surface area contributed by atoms with Gasteiger partial charge in [-0.15, -0.1) is 0 Å². The quantitative estimate of drug-likeness (QED) is 0.121. The fourth-order valence-corrected chi connectivity index (χ4v) is 6.57. The molecule has 1 aliphatic heterocycles. The Hall–Kier alpha value is -4.65. The third-order valence-corrected chi connectivity index (χ3v) is 8.94. The first-order valence-electron chi connectivity index (χ1n) is 15.4. The van der Waals surface area contributed by atoms with E-state index in [9.17, 15) is 19.2 Å². The Morgan fingerprint density at radius 2 is 1.66 bits per heavy atom. The van der Waals surface area contributed by atoms with Gasteiger partial charge in [-0.05, 0) is 68.9 Å². The Kier molecular flexibility index (Phi) is 8.13. The molecule has 4 unspecified atom stereocenters. The molecule has 224 valence electrons. The Morgan fingerprint density at radius 3 is 2.39 bits per heavy atom. The van der Waals surface area contributed by atoms with Crippen LogP contribution in [0.2, 0.25) is 0 Å². The number of carbonyl (C=O) groups excluding carboxylic acids is 4. The summed E-state index contributed by atoms with van der Waals surface area (Å²) in [5.41, 5.74) is 4.22. The molecule has 2 amide bonds. The number of rotatable bonds is 8. The van der Waals surface area contributed by atoms with Crippen LogP contribution in [0.4, 0.5) is 5.69 Å². The average Bonchev–Trinajstić information content (AvgIpc) is 3.28. The molecule has 6 rings (SSSR count). The van der Waals surface area contributed by atoms with Crippen LogP contribution in [0.1, 0.15) is 72.2 Å². The lowest BCUT2D eigenvalue weighted by atomic mass is 9.76. The predicted octanol–water partition coefficient (Wildman–Crippen LogP) is 7.34. The molecule has 1 aromatic heterocycles. The highest BCUT2D eigenvalue weighted by Gasteiger charge is 2.49. The number of nitrogens with zero attached hydrogens (tertiary/aromatic N) is 2. The van der Waals surface area contributed by atoms with Crippen molar-refractivity contribution in [1.82, 2.24) is 4.98 Å². The molecule has 0 spiro atoms. The number of benzene rings is 3. The molecule has 44 heavy (non-hydrogen) atoms. The standard InChI is InChI=1S/C37H36N2O5/c1-4-8-33(34(40)25-9-6-5-7-10-25)44-37(43)30-21-32(38-31-18-12-23(3)19-28(30)31)24-13-15-26(16-14-24)39-35(41)27-17-11-22(2)20-29(27)36(39)42/h5-7,9-10,12-16,18-19,21-22,27,29,33H,4,8,11,17,20H2,1-3H3. The zero-order valence-corrected chi connectivity index (χ0v) is 25.3. The molecule has 7 nitrogen and oxygen atoms in total. The summed E-state index contributed by atoms with van der Waals surface area (Å²) in [7, 11) is 0. The van der Waals surface area contributed by atoms with Crippen LogP contribution in [-0.4, -0.2) is 34.7 Å². The second-order valence-electron chi connectivity index (χ2n) is 12.2. The zero-order chi connectivity index (χ0) is 31.0. The number of carbonyl (C=O) groups is 4. The van der Waals surface area contributed by atoms with Crippen molar-refractivity contribution in [1.29, 1.82) is 0 Å². The zero-order valence-electron chi connectivity index (χ0n) is 25.3. The summed E-state index contributed by atoms with van der Waals surface area (Å²) in [5.74, 6) is -1.09. The van der Waals surface area contributed by atoms with Crippen molar-refractivity contribution in [3.8, 4) is 11.3 Å². The van der Waals surface area contributed by atoms with Crippen LogP contribution in [0, 0.1) is 24.7 Å². The third kappa shape index (κ3) is 5.54. The van der Waals surface area contributed by atoms with Crippen LogP contribution in [0.25, 0.3) is 22.2 Å². The first-order chi connectivity index (χ1) is 21.2. The highest BCUT2D eigenvalue weighted by Crippen LogP contribution is 2.42. The van der Waals surface area contributed by atoms with E-state index in [0.717, 1.165) is 30.4 Å². The van der Waals surface area contributed by atoms with E-state index in [0.29, 0.717) is 52.2 Å². The van der Waals surface area contributed by atoms with Gasteiger partial charge in [0, 0.05) is 16.5 Å². The minimum Gasteiger partial charge on any atom is -0.450 e. The lowest BCUT2D eigenvalue weighted by molar-refractivity contribution is -0.122.